The van der Waals surface area contributed by atoms with Gasteiger partial charge in [-0.05, 0) is 0 Å². The molecule has 1 aliphatic rings. The molecule has 0 spiro atoms. The standard InChI is InChI=1S/C6H13NO4/c7-3-4(9)2(1-8)5(10)6(3)11/h2-6,8-11H,1,7H2/t2-,3-,4+,5+,6+/m0/s1. The fourth-order valence-electron chi connectivity index (χ4n) is 1.39. The van der Waals surface area contributed by atoms with Crippen LogP contribution in [0.5, 0.6) is 0 Å². The summed E-state index contributed by atoms with van der Waals surface area (Å²) in [4.78, 5) is 0. The molecule has 5 atom stereocenters. The van der Waals surface area contributed by atoms with E-state index in [2.05, 4.69) is 0 Å². The molecular formula is C6H13NO4. The molecule has 1 fully saturated rings. The van der Waals surface area contributed by atoms with Crippen molar-refractivity contribution in [2.45, 2.75) is 24.4 Å². The summed E-state index contributed by atoms with van der Waals surface area (Å²) in [6, 6.07) is -0.859. The van der Waals surface area contributed by atoms with Crippen molar-refractivity contribution in [3.63, 3.8) is 0 Å². The highest BCUT2D eigenvalue weighted by atomic mass is 16.3. The summed E-state index contributed by atoms with van der Waals surface area (Å²) in [5.41, 5.74) is 5.31. The molecule has 0 aliphatic heterocycles. The van der Waals surface area contributed by atoms with E-state index in [0.717, 1.165) is 0 Å². The first-order chi connectivity index (χ1) is 5.09. The third-order valence-corrected chi connectivity index (χ3v) is 2.23. The van der Waals surface area contributed by atoms with Crippen LogP contribution in [0.4, 0.5) is 0 Å². The summed E-state index contributed by atoms with van der Waals surface area (Å²) < 4.78 is 0. The van der Waals surface area contributed by atoms with Crippen molar-refractivity contribution in [1.29, 1.82) is 0 Å². The quantitative estimate of drug-likeness (QED) is 0.283. The monoisotopic (exact) mass is 163 g/mol. The van der Waals surface area contributed by atoms with E-state index in [0.29, 0.717) is 0 Å². The first-order valence-electron chi connectivity index (χ1n) is 3.50. The minimum atomic E-state index is -1.14. The van der Waals surface area contributed by atoms with Crippen LogP contribution in [-0.4, -0.2) is 51.4 Å². The molecule has 1 saturated carbocycles. The van der Waals surface area contributed by atoms with Crippen molar-refractivity contribution in [2.24, 2.45) is 11.7 Å². The molecule has 0 heterocycles. The predicted octanol–water partition coefficient (Wildman–Crippen LogP) is -2.98. The third kappa shape index (κ3) is 1.25. The predicted molar refractivity (Wildman–Crippen MR) is 36.6 cm³/mol. The van der Waals surface area contributed by atoms with Gasteiger partial charge in [0.2, 0.25) is 0 Å². The van der Waals surface area contributed by atoms with Crippen LogP contribution in [0.25, 0.3) is 0 Å². The summed E-state index contributed by atoms with van der Waals surface area (Å²) in [6.45, 7) is -0.368. The Morgan fingerprint density at radius 2 is 1.55 bits per heavy atom. The zero-order valence-corrected chi connectivity index (χ0v) is 5.96. The Morgan fingerprint density at radius 3 is 1.73 bits per heavy atom. The van der Waals surface area contributed by atoms with Gasteiger partial charge in [0.05, 0.1) is 31.0 Å². The van der Waals surface area contributed by atoms with Crippen LogP contribution < -0.4 is 5.73 Å². The van der Waals surface area contributed by atoms with Gasteiger partial charge in [-0.3, -0.25) is 0 Å². The Morgan fingerprint density at radius 1 is 1.00 bits per heavy atom. The van der Waals surface area contributed by atoms with Gasteiger partial charge in [0.25, 0.3) is 0 Å². The van der Waals surface area contributed by atoms with E-state index in [1.807, 2.05) is 0 Å². The second-order valence-corrected chi connectivity index (χ2v) is 2.90. The Labute approximate surface area is 64.1 Å². The van der Waals surface area contributed by atoms with E-state index in [1.165, 1.54) is 0 Å². The highest BCUT2D eigenvalue weighted by Crippen LogP contribution is 2.25. The van der Waals surface area contributed by atoms with Crippen molar-refractivity contribution in [2.75, 3.05) is 6.61 Å². The van der Waals surface area contributed by atoms with E-state index in [4.69, 9.17) is 21.1 Å². The fraction of sp³-hybridized carbons (Fsp3) is 1.00. The minimum Gasteiger partial charge on any atom is -0.396 e. The molecule has 66 valence electrons. The van der Waals surface area contributed by atoms with E-state index in [9.17, 15) is 5.11 Å². The molecule has 1 aliphatic carbocycles. The second-order valence-electron chi connectivity index (χ2n) is 2.90. The highest BCUT2D eigenvalue weighted by Gasteiger charge is 2.46. The summed E-state index contributed by atoms with van der Waals surface area (Å²) in [5.74, 6) is -0.722. The first-order valence-corrected chi connectivity index (χ1v) is 3.50. The average molecular weight is 163 g/mol. The molecule has 0 bridgehead atoms. The summed E-state index contributed by atoms with van der Waals surface area (Å²) in [6.07, 6.45) is -3.28. The smallest absolute Gasteiger partial charge is 0.0979 e. The summed E-state index contributed by atoms with van der Waals surface area (Å²) in [5, 5.41) is 36.1. The second kappa shape index (κ2) is 3.04. The molecule has 0 saturated heterocycles. The molecule has 0 radical (unpaired) electrons. The maximum Gasteiger partial charge on any atom is 0.0979 e. The van der Waals surface area contributed by atoms with Crippen LogP contribution in [0.15, 0.2) is 0 Å². The van der Waals surface area contributed by atoms with E-state index in [-0.39, 0.29) is 6.61 Å². The summed E-state index contributed by atoms with van der Waals surface area (Å²) >= 11 is 0. The van der Waals surface area contributed by atoms with Gasteiger partial charge < -0.3 is 26.2 Å². The highest BCUT2D eigenvalue weighted by molar-refractivity contribution is 5.00. The summed E-state index contributed by atoms with van der Waals surface area (Å²) in [7, 11) is 0. The lowest BCUT2D eigenvalue weighted by molar-refractivity contribution is -0.00635. The molecule has 0 aromatic carbocycles. The molecule has 11 heavy (non-hydrogen) atoms. The van der Waals surface area contributed by atoms with E-state index in [1.54, 1.807) is 0 Å². The topological polar surface area (TPSA) is 107 Å². The molecule has 1 rings (SSSR count). The molecule has 5 nitrogen and oxygen atoms in total. The Balaban J connectivity index is 2.69. The zero-order valence-electron chi connectivity index (χ0n) is 5.96. The Kier molecular flexibility index (Phi) is 2.46. The average Bonchev–Trinajstić information content (AvgIpc) is 2.17. The SMILES string of the molecule is N[C@@H]1[C@@H](O)[C@H](O)[C@@H](CO)[C@H]1O. The van der Waals surface area contributed by atoms with Crippen molar-refractivity contribution >= 4 is 0 Å². The van der Waals surface area contributed by atoms with Gasteiger partial charge in [-0.15, -0.1) is 0 Å². The molecule has 0 amide bonds. The van der Waals surface area contributed by atoms with Gasteiger partial charge in [0, 0.05) is 5.92 Å². The number of rotatable bonds is 1. The van der Waals surface area contributed by atoms with Gasteiger partial charge in [0.15, 0.2) is 0 Å². The van der Waals surface area contributed by atoms with Crippen LogP contribution in [0, 0.1) is 5.92 Å². The fourth-order valence-corrected chi connectivity index (χ4v) is 1.39. The van der Waals surface area contributed by atoms with Gasteiger partial charge in [-0.1, -0.05) is 0 Å². The molecular weight excluding hydrogens is 150 g/mol. The van der Waals surface area contributed by atoms with Crippen LogP contribution >= 0.6 is 0 Å². The largest absolute Gasteiger partial charge is 0.396 e. The van der Waals surface area contributed by atoms with E-state index < -0.39 is 30.3 Å². The first kappa shape index (κ1) is 8.89. The number of nitrogens with two attached hydrogens (primary N) is 1. The zero-order chi connectivity index (χ0) is 8.59. The normalized spacial score (nSPS) is 51.5. The molecule has 5 heteroatoms. The van der Waals surface area contributed by atoms with Crippen LogP contribution in [0.1, 0.15) is 0 Å². The Hall–Kier alpha value is -0.200. The van der Waals surface area contributed by atoms with E-state index >= 15 is 0 Å². The van der Waals surface area contributed by atoms with Gasteiger partial charge in [-0.25, -0.2) is 0 Å². The lowest BCUT2D eigenvalue weighted by Crippen LogP contribution is -2.40. The molecule has 0 unspecified atom stereocenters. The van der Waals surface area contributed by atoms with Crippen molar-refractivity contribution in [1.82, 2.24) is 0 Å². The Bertz CT molecular complexity index is 129. The van der Waals surface area contributed by atoms with Crippen LogP contribution in [-0.2, 0) is 0 Å². The number of hydrogen-bond acceptors (Lipinski definition) is 5. The number of hydrogen-bond donors (Lipinski definition) is 5. The minimum absolute atomic E-state index is 0.368. The van der Waals surface area contributed by atoms with Crippen LogP contribution in [0.2, 0.25) is 0 Å². The van der Waals surface area contributed by atoms with Gasteiger partial charge in [0.1, 0.15) is 0 Å². The number of aliphatic hydroxyl groups excluding tert-OH is 4. The van der Waals surface area contributed by atoms with Crippen LogP contribution in [0.3, 0.4) is 0 Å². The van der Waals surface area contributed by atoms with Crippen molar-refractivity contribution < 1.29 is 20.4 Å². The molecule has 0 aromatic rings. The molecule has 0 aromatic heterocycles. The van der Waals surface area contributed by atoms with Gasteiger partial charge in [-0.2, -0.15) is 0 Å². The number of aliphatic hydroxyl groups is 4. The maximum atomic E-state index is 9.19. The molecule has 6 N–H and O–H groups in total. The van der Waals surface area contributed by atoms with Crippen molar-refractivity contribution in [3.8, 4) is 0 Å². The van der Waals surface area contributed by atoms with Gasteiger partial charge >= 0.3 is 0 Å². The maximum absolute atomic E-state index is 9.19. The van der Waals surface area contributed by atoms with Crippen molar-refractivity contribution in [3.05, 3.63) is 0 Å². The lowest BCUT2D eigenvalue weighted by atomic mass is 10.1. The third-order valence-electron chi connectivity index (χ3n) is 2.23. The lowest BCUT2D eigenvalue weighted by Gasteiger charge is -2.14.